The minimum Gasteiger partial charge on any atom is -0.378 e. The number of carbonyl (C=O) groups is 4. The Bertz CT molecular complexity index is 1470. The van der Waals surface area contributed by atoms with Gasteiger partial charge in [0, 0.05) is 32.0 Å². The Morgan fingerprint density at radius 2 is 1.63 bits per heavy atom. The van der Waals surface area contributed by atoms with Gasteiger partial charge in [-0.3, -0.25) is 24.1 Å². The number of nitrogens with zero attached hydrogens (tertiary/aromatic N) is 3. The summed E-state index contributed by atoms with van der Waals surface area (Å²) in [6, 6.07) is 22.9. The lowest BCUT2D eigenvalue weighted by Gasteiger charge is -2.37. The van der Waals surface area contributed by atoms with Crippen LogP contribution in [0.1, 0.15) is 35.2 Å². The maximum atomic E-state index is 14.1. The van der Waals surface area contributed by atoms with Crippen LogP contribution in [-0.4, -0.2) is 55.1 Å². The van der Waals surface area contributed by atoms with Crippen molar-refractivity contribution in [1.82, 2.24) is 4.90 Å². The van der Waals surface area contributed by atoms with Gasteiger partial charge in [-0.25, -0.2) is 0 Å². The molecule has 41 heavy (non-hydrogen) atoms. The number of rotatable bonds is 9. The number of anilines is 3. The van der Waals surface area contributed by atoms with Crippen LogP contribution in [0.3, 0.4) is 0 Å². The molecule has 0 spiro atoms. The van der Waals surface area contributed by atoms with Crippen molar-refractivity contribution in [2.75, 3.05) is 35.8 Å². The topological polar surface area (TPSA) is 90.0 Å². The zero-order valence-electron chi connectivity index (χ0n) is 23.3. The molecule has 0 aromatic heterocycles. The van der Waals surface area contributed by atoms with E-state index in [4.69, 9.17) is 0 Å². The third-order valence-corrected chi connectivity index (χ3v) is 7.70. The fourth-order valence-corrected chi connectivity index (χ4v) is 5.53. The molecule has 210 valence electrons. The number of benzene rings is 3. The largest absolute Gasteiger partial charge is 0.378 e. The zero-order valence-corrected chi connectivity index (χ0v) is 23.3. The van der Waals surface area contributed by atoms with E-state index in [1.54, 1.807) is 29.2 Å². The highest BCUT2D eigenvalue weighted by atomic mass is 16.2. The van der Waals surface area contributed by atoms with Crippen molar-refractivity contribution in [1.29, 1.82) is 0 Å². The number of carbonyl (C=O) groups excluding carboxylic acids is 4. The molecule has 8 nitrogen and oxygen atoms in total. The van der Waals surface area contributed by atoms with Crippen LogP contribution in [0.2, 0.25) is 0 Å². The molecule has 5 rings (SSSR count). The van der Waals surface area contributed by atoms with Crippen molar-refractivity contribution in [2.24, 2.45) is 5.92 Å². The summed E-state index contributed by atoms with van der Waals surface area (Å²) in [6.45, 7) is -0.145. The fraction of sp³-hybridized carbons (Fsp3) is 0.273. The van der Waals surface area contributed by atoms with Crippen LogP contribution in [0.5, 0.6) is 0 Å². The van der Waals surface area contributed by atoms with E-state index in [0.29, 0.717) is 17.8 Å². The van der Waals surface area contributed by atoms with Gasteiger partial charge in [0.25, 0.3) is 11.7 Å². The number of amides is 3. The predicted molar refractivity (Wildman–Crippen MR) is 160 cm³/mol. The number of para-hydroxylation sites is 1. The SMILES string of the molecule is CN(C)c1ccc(NC(=O)[C@@H]([C@H]2CC=CCC2)N(Cc2ccccc2)C(=O)CN2C(=O)C(=O)c3ccccc32)cc1. The number of hydrogen-bond donors (Lipinski definition) is 1. The second-order valence-corrected chi connectivity index (χ2v) is 10.7. The molecule has 1 aliphatic heterocycles. The first-order valence-electron chi connectivity index (χ1n) is 13.9. The van der Waals surface area contributed by atoms with Crippen LogP contribution in [0, 0.1) is 5.92 Å². The summed E-state index contributed by atoms with van der Waals surface area (Å²) < 4.78 is 0. The minimum absolute atomic E-state index is 0.114. The molecule has 1 aliphatic carbocycles. The molecule has 3 aromatic rings. The van der Waals surface area contributed by atoms with E-state index in [0.717, 1.165) is 24.1 Å². The summed E-state index contributed by atoms with van der Waals surface area (Å²) in [4.78, 5) is 58.5. The lowest BCUT2D eigenvalue weighted by Crippen LogP contribution is -2.54. The molecule has 0 unspecified atom stereocenters. The van der Waals surface area contributed by atoms with E-state index in [1.165, 1.54) is 4.90 Å². The maximum absolute atomic E-state index is 14.1. The van der Waals surface area contributed by atoms with Crippen LogP contribution in [0.15, 0.2) is 91.0 Å². The van der Waals surface area contributed by atoms with Crippen LogP contribution in [0.4, 0.5) is 17.1 Å². The molecule has 1 N–H and O–H groups in total. The standard InChI is InChI=1S/C33H34N4O4/c1-35(2)26-19-17-25(18-20-26)34-32(40)30(24-13-7-4-8-14-24)37(21-23-11-5-3-6-12-23)29(38)22-36-28-16-10-9-15-27(28)31(39)33(36)41/h3-7,9-12,15-20,24,30H,8,13-14,21-22H2,1-2H3,(H,34,40)/t24-,30+/m0/s1. The number of nitrogens with one attached hydrogen (secondary N) is 1. The molecular weight excluding hydrogens is 516 g/mol. The smallest absolute Gasteiger partial charge is 0.299 e. The first-order chi connectivity index (χ1) is 19.8. The van der Waals surface area contributed by atoms with Gasteiger partial charge in [0.05, 0.1) is 11.3 Å². The Morgan fingerprint density at radius 1 is 0.927 bits per heavy atom. The number of allylic oxidation sites excluding steroid dienone is 2. The van der Waals surface area contributed by atoms with Crippen molar-refractivity contribution in [3.05, 3.63) is 102 Å². The van der Waals surface area contributed by atoms with Crippen molar-refractivity contribution < 1.29 is 19.2 Å². The molecule has 0 radical (unpaired) electrons. The van der Waals surface area contributed by atoms with E-state index in [1.807, 2.05) is 73.6 Å². The third kappa shape index (κ3) is 6.06. The molecule has 0 saturated carbocycles. The van der Waals surface area contributed by atoms with Gasteiger partial charge in [0.15, 0.2) is 0 Å². The summed E-state index contributed by atoms with van der Waals surface area (Å²) in [5, 5.41) is 3.04. The lowest BCUT2D eigenvalue weighted by atomic mass is 9.85. The fourth-order valence-electron chi connectivity index (χ4n) is 5.53. The van der Waals surface area contributed by atoms with Gasteiger partial charge in [-0.1, -0.05) is 54.6 Å². The van der Waals surface area contributed by atoms with Crippen LogP contribution in [-0.2, 0) is 20.9 Å². The van der Waals surface area contributed by atoms with E-state index in [2.05, 4.69) is 17.5 Å². The minimum atomic E-state index is -0.787. The molecule has 0 fully saturated rings. The molecule has 8 heteroatoms. The quantitative estimate of drug-likeness (QED) is 0.309. The van der Waals surface area contributed by atoms with E-state index >= 15 is 0 Å². The van der Waals surface area contributed by atoms with E-state index in [9.17, 15) is 19.2 Å². The first-order valence-corrected chi connectivity index (χ1v) is 13.9. The second-order valence-electron chi connectivity index (χ2n) is 10.7. The maximum Gasteiger partial charge on any atom is 0.299 e. The summed E-state index contributed by atoms with van der Waals surface area (Å²) in [5.74, 6) is -2.16. The molecular formula is C33H34N4O4. The number of ketones is 1. The Labute approximate surface area is 240 Å². The van der Waals surface area contributed by atoms with E-state index < -0.39 is 23.6 Å². The van der Waals surface area contributed by atoms with Gasteiger partial charge < -0.3 is 15.1 Å². The third-order valence-electron chi connectivity index (χ3n) is 7.70. The average Bonchev–Trinajstić information content (AvgIpc) is 3.23. The highest BCUT2D eigenvalue weighted by Crippen LogP contribution is 2.31. The van der Waals surface area contributed by atoms with E-state index in [-0.39, 0.29) is 30.5 Å². The highest BCUT2D eigenvalue weighted by molar-refractivity contribution is 6.52. The predicted octanol–water partition coefficient (Wildman–Crippen LogP) is 4.67. The van der Waals surface area contributed by atoms with Crippen molar-refractivity contribution in [3.8, 4) is 0 Å². The van der Waals surface area contributed by atoms with Gasteiger partial charge in [-0.15, -0.1) is 0 Å². The normalized spacial score (nSPS) is 16.7. The molecule has 3 amide bonds. The monoisotopic (exact) mass is 550 g/mol. The summed E-state index contributed by atoms with van der Waals surface area (Å²) >= 11 is 0. The first kappa shape index (κ1) is 27.8. The van der Waals surface area contributed by atoms with Crippen LogP contribution >= 0.6 is 0 Å². The van der Waals surface area contributed by atoms with Gasteiger partial charge in [0.2, 0.25) is 11.8 Å². The second kappa shape index (κ2) is 12.2. The summed E-state index contributed by atoms with van der Waals surface area (Å²) in [5.41, 5.74) is 3.21. The van der Waals surface area contributed by atoms with Crippen molar-refractivity contribution in [3.63, 3.8) is 0 Å². The highest BCUT2D eigenvalue weighted by Gasteiger charge is 2.41. The Kier molecular flexibility index (Phi) is 8.29. The van der Waals surface area contributed by atoms with Crippen LogP contribution < -0.4 is 15.1 Å². The number of hydrogen-bond acceptors (Lipinski definition) is 5. The molecule has 1 heterocycles. The molecule has 2 atom stereocenters. The number of fused-ring (bicyclic) bond motifs is 1. The van der Waals surface area contributed by atoms with Gasteiger partial charge in [0.1, 0.15) is 12.6 Å². The van der Waals surface area contributed by atoms with Gasteiger partial charge in [-0.05, 0) is 67.1 Å². The summed E-state index contributed by atoms with van der Waals surface area (Å²) in [6.07, 6.45) is 6.37. The Balaban J connectivity index is 1.48. The molecule has 3 aromatic carbocycles. The molecule has 0 saturated heterocycles. The van der Waals surface area contributed by atoms with Gasteiger partial charge in [-0.2, -0.15) is 0 Å². The average molecular weight is 551 g/mol. The summed E-state index contributed by atoms with van der Waals surface area (Å²) in [7, 11) is 3.90. The van der Waals surface area contributed by atoms with Crippen LogP contribution in [0.25, 0.3) is 0 Å². The lowest BCUT2D eigenvalue weighted by molar-refractivity contribution is -0.140. The Morgan fingerprint density at radius 3 is 2.32 bits per heavy atom. The van der Waals surface area contributed by atoms with Crippen molar-refractivity contribution in [2.45, 2.75) is 31.8 Å². The molecule has 0 bridgehead atoms. The Hall–Kier alpha value is -4.72. The van der Waals surface area contributed by atoms with Gasteiger partial charge >= 0.3 is 0 Å². The number of Topliss-reactive ketones (excluding diaryl/α,β-unsaturated/α-hetero) is 1. The molecule has 2 aliphatic rings. The zero-order chi connectivity index (χ0) is 28.9. The van der Waals surface area contributed by atoms with Crippen molar-refractivity contribution >= 4 is 40.6 Å².